The van der Waals surface area contributed by atoms with Gasteiger partial charge in [0.25, 0.3) is 0 Å². The Morgan fingerprint density at radius 1 is 1.24 bits per heavy atom. The van der Waals surface area contributed by atoms with Crippen LogP contribution in [0.2, 0.25) is 0 Å². The molecule has 0 spiro atoms. The van der Waals surface area contributed by atoms with Gasteiger partial charge in [-0.1, -0.05) is 25.0 Å². The molecule has 2 heteroatoms. The summed E-state index contributed by atoms with van der Waals surface area (Å²) in [5.74, 6) is 0. The maximum atomic E-state index is 3.64. The highest BCUT2D eigenvalue weighted by atomic mass is 14.9. The summed E-state index contributed by atoms with van der Waals surface area (Å²) in [5.41, 5.74) is 3.88. The van der Waals surface area contributed by atoms with E-state index in [0.29, 0.717) is 0 Å². The third kappa shape index (κ3) is 2.37. The van der Waals surface area contributed by atoms with Crippen LogP contribution in [0.5, 0.6) is 0 Å². The first-order chi connectivity index (χ1) is 8.31. The van der Waals surface area contributed by atoms with E-state index in [9.17, 15) is 0 Å². The topological polar surface area (TPSA) is 27.8 Å². The van der Waals surface area contributed by atoms with Crippen molar-refractivity contribution in [1.82, 2.24) is 10.3 Å². The molecule has 1 heterocycles. The van der Waals surface area contributed by atoms with Crippen LogP contribution in [0.1, 0.15) is 36.9 Å². The summed E-state index contributed by atoms with van der Waals surface area (Å²) in [5, 5.41) is 4.96. The zero-order valence-corrected chi connectivity index (χ0v) is 10.4. The van der Waals surface area contributed by atoms with Gasteiger partial charge in [0, 0.05) is 23.8 Å². The third-order valence-electron chi connectivity index (χ3n) is 3.77. The first-order valence-corrected chi connectivity index (χ1v) is 6.63. The van der Waals surface area contributed by atoms with Crippen molar-refractivity contribution in [1.29, 1.82) is 0 Å². The molecule has 2 nitrogen and oxygen atoms in total. The molecule has 0 radical (unpaired) electrons. The Labute approximate surface area is 102 Å². The van der Waals surface area contributed by atoms with E-state index in [1.54, 1.807) is 0 Å². The van der Waals surface area contributed by atoms with Gasteiger partial charge in [0.2, 0.25) is 0 Å². The number of aromatic nitrogens is 1. The van der Waals surface area contributed by atoms with Crippen LogP contribution in [0.15, 0.2) is 24.3 Å². The predicted molar refractivity (Wildman–Crippen MR) is 72.1 cm³/mol. The molecule has 2 aromatic rings. The van der Waals surface area contributed by atoms with Crippen LogP contribution in [0, 0.1) is 6.92 Å². The first-order valence-electron chi connectivity index (χ1n) is 6.63. The normalized spacial score (nSPS) is 17.0. The second-order valence-electron chi connectivity index (χ2n) is 5.25. The van der Waals surface area contributed by atoms with Gasteiger partial charge in [-0.15, -0.1) is 0 Å². The molecule has 0 saturated heterocycles. The van der Waals surface area contributed by atoms with E-state index < -0.39 is 0 Å². The van der Waals surface area contributed by atoms with Crippen molar-refractivity contribution < 1.29 is 0 Å². The van der Waals surface area contributed by atoms with Gasteiger partial charge < -0.3 is 10.3 Å². The molecule has 0 aliphatic heterocycles. The number of hydrogen-bond acceptors (Lipinski definition) is 1. The predicted octanol–water partition coefficient (Wildman–Crippen LogP) is 3.51. The van der Waals surface area contributed by atoms with Gasteiger partial charge in [-0.25, -0.2) is 0 Å². The van der Waals surface area contributed by atoms with Gasteiger partial charge in [-0.2, -0.15) is 0 Å². The molecule has 0 bridgehead atoms. The van der Waals surface area contributed by atoms with Gasteiger partial charge in [0.1, 0.15) is 0 Å². The molecule has 1 fully saturated rings. The fourth-order valence-corrected chi connectivity index (χ4v) is 2.78. The molecule has 1 aliphatic rings. The molecule has 0 amide bonds. The molecule has 1 aromatic heterocycles. The quantitative estimate of drug-likeness (QED) is 0.826. The Hall–Kier alpha value is -1.28. The number of fused-ring (bicyclic) bond motifs is 1. The summed E-state index contributed by atoms with van der Waals surface area (Å²) in [6.07, 6.45) is 5.48. The Morgan fingerprint density at radius 3 is 2.88 bits per heavy atom. The summed E-state index contributed by atoms with van der Waals surface area (Å²) in [6, 6.07) is 9.58. The lowest BCUT2D eigenvalue weighted by Gasteiger charge is -2.10. The molecule has 2 N–H and O–H groups in total. The van der Waals surface area contributed by atoms with Crippen LogP contribution in [-0.4, -0.2) is 11.0 Å². The van der Waals surface area contributed by atoms with Gasteiger partial charge in [-0.05, 0) is 42.8 Å². The summed E-state index contributed by atoms with van der Waals surface area (Å²) in [6.45, 7) is 3.11. The lowest BCUT2D eigenvalue weighted by Crippen LogP contribution is -2.25. The number of H-pyrrole nitrogens is 1. The van der Waals surface area contributed by atoms with Gasteiger partial charge in [0.15, 0.2) is 0 Å². The van der Waals surface area contributed by atoms with Crippen LogP contribution in [-0.2, 0) is 6.54 Å². The molecule has 1 aliphatic carbocycles. The number of nitrogens with one attached hydrogen (secondary N) is 2. The number of benzene rings is 1. The minimum Gasteiger partial charge on any atom is -0.357 e. The monoisotopic (exact) mass is 228 g/mol. The van der Waals surface area contributed by atoms with Crippen molar-refractivity contribution in [3.8, 4) is 0 Å². The second kappa shape index (κ2) is 4.53. The summed E-state index contributed by atoms with van der Waals surface area (Å²) in [7, 11) is 0. The van der Waals surface area contributed by atoms with Crippen molar-refractivity contribution in [2.24, 2.45) is 0 Å². The Kier molecular flexibility index (Phi) is 2.89. The summed E-state index contributed by atoms with van der Waals surface area (Å²) >= 11 is 0. The Morgan fingerprint density at radius 2 is 2.06 bits per heavy atom. The molecule has 3 rings (SSSR count). The fraction of sp³-hybridized carbons (Fsp3) is 0.467. The third-order valence-corrected chi connectivity index (χ3v) is 3.77. The van der Waals surface area contributed by atoms with E-state index in [1.165, 1.54) is 47.8 Å². The van der Waals surface area contributed by atoms with Crippen molar-refractivity contribution in [3.05, 3.63) is 35.5 Å². The zero-order valence-electron chi connectivity index (χ0n) is 10.4. The average molecular weight is 228 g/mol. The van der Waals surface area contributed by atoms with Crippen LogP contribution in [0.4, 0.5) is 0 Å². The van der Waals surface area contributed by atoms with Gasteiger partial charge >= 0.3 is 0 Å². The van der Waals surface area contributed by atoms with Crippen LogP contribution in [0.3, 0.4) is 0 Å². The largest absolute Gasteiger partial charge is 0.357 e. The smallest absolute Gasteiger partial charge is 0.0459 e. The number of rotatable bonds is 3. The van der Waals surface area contributed by atoms with E-state index >= 15 is 0 Å². The maximum absolute atomic E-state index is 3.64. The number of aryl methyl sites for hydroxylation is 1. The molecule has 1 aromatic carbocycles. The van der Waals surface area contributed by atoms with Gasteiger partial charge in [-0.3, -0.25) is 0 Å². The van der Waals surface area contributed by atoms with E-state index in [2.05, 4.69) is 41.5 Å². The Bertz CT molecular complexity index is 507. The molecule has 0 atom stereocenters. The SMILES string of the molecule is Cc1ccc2cc(CNC3CCCC3)[nH]c2c1. The maximum Gasteiger partial charge on any atom is 0.0459 e. The summed E-state index contributed by atoms with van der Waals surface area (Å²) < 4.78 is 0. The molecular weight excluding hydrogens is 208 g/mol. The highest BCUT2D eigenvalue weighted by Crippen LogP contribution is 2.20. The van der Waals surface area contributed by atoms with Crippen molar-refractivity contribution in [2.75, 3.05) is 0 Å². The number of aromatic amines is 1. The molecule has 90 valence electrons. The van der Waals surface area contributed by atoms with Crippen LogP contribution in [0.25, 0.3) is 10.9 Å². The lowest BCUT2D eigenvalue weighted by atomic mass is 10.2. The van der Waals surface area contributed by atoms with Gasteiger partial charge in [0.05, 0.1) is 0 Å². The lowest BCUT2D eigenvalue weighted by molar-refractivity contribution is 0.520. The van der Waals surface area contributed by atoms with E-state index in [0.717, 1.165) is 12.6 Å². The van der Waals surface area contributed by atoms with E-state index in [1.807, 2.05) is 0 Å². The minimum absolute atomic E-state index is 0.739. The molecule has 0 unspecified atom stereocenters. The van der Waals surface area contributed by atoms with E-state index in [4.69, 9.17) is 0 Å². The minimum atomic E-state index is 0.739. The zero-order chi connectivity index (χ0) is 11.7. The highest BCUT2D eigenvalue weighted by Gasteiger charge is 2.14. The fourth-order valence-electron chi connectivity index (χ4n) is 2.78. The van der Waals surface area contributed by atoms with Crippen LogP contribution >= 0.6 is 0 Å². The first kappa shape index (κ1) is 10.8. The van der Waals surface area contributed by atoms with Crippen molar-refractivity contribution >= 4 is 10.9 Å². The second-order valence-corrected chi connectivity index (χ2v) is 5.25. The van der Waals surface area contributed by atoms with Crippen molar-refractivity contribution in [2.45, 2.75) is 45.2 Å². The molecule has 1 saturated carbocycles. The summed E-state index contributed by atoms with van der Waals surface area (Å²) in [4.78, 5) is 3.50. The van der Waals surface area contributed by atoms with E-state index in [-0.39, 0.29) is 0 Å². The highest BCUT2D eigenvalue weighted by molar-refractivity contribution is 5.81. The standard InChI is InChI=1S/C15H20N2/c1-11-6-7-12-9-14(17-15(12)8-11)10-16-13-4-2-3-5-13/h6-9,13,16-17H,2-5,10H2,1H3. The van der Waals surface area contributed by atoms with Crippen molar-refractivity contribution in [3.63, 3.8) is 0 Å². The molecule has 17 heavy (non-hydrogen) atoms. The average Bonchev–Trinajstić information content (AvgIpc) is 2.94. The molecular formula is C15H20N2. The Balaban J connectivity index is 1.72. The number of hydrogen-bond donors (Lipinski definition) is 2. The van der Waals surface area contributed by atoms with Crippen LogP contribution < -0.4 is 5.32 Å².